The number of allylic oxidation sites excluding steroid dienone is 1. The van der Waals surface area contributed by atoms with E-state index in [0.29, 0.717) is 30.0 Å². The van der Waals surface area contributed by atoms with Gasteiger partial charge in [0.2, 0.25) is 5.91 Å². The summed E-state index contributed by atoms with van der Waals surface area (Å²) in [5.41, 5.74) is 0.154. The van der Waals surface area contributed by atoms with Crippen LogP contribution in [0, 0.1) is 5.92 Å². The van der Waals surface area contributed by atoms with Crippen molar-refractivity contribution in [3.63, 3.8) is 0 Å². The van der Waals surface area contributed by atoms with Crippen LogP contribution in [0.2, 0.25) is 0 Å². The number of amides is 3. The smallest absolute Gasteiger partial charge is 0.543 e. The predicted octanol–water partition coefficient (Wildman–Crippen LogP) is -2.58. The Morgan fingerprint density at radius 2 is 1.97 bits per heavy atom. The van der Waals surface area contributed by atoms with Gasteiger partial charge in [0, 0.05) is 29.5 Å². The van der Waals surface area contributed by atoms with E-state index >= 15 is 0 Å². The van der Waals surface area contributed by atoms with Gasteiger partial charge in [-0.1, -0.05) is 6.07 Å². The molecule has 5 rings (SSSR count). The maximum atomic E-state index is 13.0. The number of hydrogen-bond acceptors (Lipinski definition) is 6. The van der Waals surface area contributed by atoms with Gasteiger partial charge in [0.05, 0.1) is 24.3 Å². The molecule has 0 radical (unpaired) electrons. The molecule has 3 atom stereocenters. The number of thiophene rings is 1. The van der Waals surface area contributed by atoms with Gasteiger partial charge in [-0.15, -0.1) is 11.3 Å². The van der Waals surface area contributed by atoms with E-state index in [-0.39, 0.29) is 54.0 Å². The Kier molecular flexibility index (Phi) is 6.47. The SMILES string of the molecule is O=C([O-])C1=C(/C=C2\CCN(Cc3cccs3)C2=O)C2CCN(C(=O)C(F)(F)F)[C@@H]3C(=O)N1[C@H]23.[Na+]. The number of carboxylic acid groups (broad SMARTS) is 1. The van der Waals surface area contributed by atoms with Gasteiger partial charge in [-0.25, -0.2) is 0 Å². The summed E-state index contributed by atoms with van der Waals surface area (Å²) >= 11 is 1.51. The molecule has 0 N–H and O–H groups in total. The minimum atomic E-state index is -5.14. The van der Waals surface area contributed by atoms with Crippen LogP contribution in [0.1, 0.15) is 17.7 Å². The minimum Gasteiger partial charge on any atom is -0.543 e. The van der Waals surface area contributed by atoms with Crippen LogP contribution >= 0.6 is 11.3 Å². The molecule has 1 aromatic rings. The quantitative estimate of drug-likeness (QED) is 0.255. The second kappa shape index (κ2) is 8.81. The molecule has 5 heterocycles. The molecule has 0 aromatic carbocycles. The van der Waals surface area contributed by atoms with Gasteiger partial charge < -0.3 is 24.6 Å². The number of halogens is 3. The molecule has 1 aromatic heterocycles. The number of nitrogens with zero attached hydrogens (tertiary/aromatic N) is 3. The van der Waals surface area contributed by atoms with E-state index in [1.54, 1.807) is 4.90 Å². The number of carbonyl (C=O) groups is 4. The van der Waals surface area contributed by atoms with Crippen LogP contribution in [-0.2, 0) is 25.7 Å². The molecular weight excluding hydrogens is 486 g/mol. The maximum absolute atomic E-state index is 13.0. The summed E-state index contributed by atoms with van der Waals surface area (Å²) in [6.45, 7) is 0.534. The summed E-state index contributed by atoms with van der Waals surface area (Å²) in [6.07, 6.45) is -3.27. The first kappa shape index (κ1) is 25.0. The number of carbonyl (C=O) groups excluding carboxylic acids is 4. The molecule has 1 unspecified atom stereocenters. The number of carboxylic acids is 1. The van der Waals surface area contributed by atoms with E-state index < -0.39 is 47.7 Å². The Labute approximate surface area is 218 Å². The Bertz CT molecular complexity index is 1130. The van der Waals surface area contributed by atoms with Crippen LogP contribution < -0.4 is 34.7 Å². The van der Waals surface area contributed by atoms with E-state index in [2.05, 4.69) is 0 Å². The van der Waals surface area contributed by atoms with Crippen LogP contribution in [0.15, 0.2) is 40.4 Å². The molecule has 0 saturated carbocycles. The first-order valence-electron chi connectivity index (χ1n) is 10.3. The molecular formula is C21H17F3N3NaO5S. The summed E-state index contributed by atoms with van der Waals surface area (Å²) < 4.78 is 38.9. The van der Waals surface area contributed by atoms with Crippen molar-refractivity contribution in [3.05, 3.63) is 45.3 Å². The molecule has 3 amide bonds. The average Bonchev–Trinajstić information content (AvgIpc) is 3.46. The van der Waals surface area contributed by atoms with E-state index in [9.17, 15) is 37.5 Å². The fourth-order valence-electron chi connectivity index (χ4n) is 5.23. The summed E-state index contributed by atoms with van der Waals surface area (Å²) in [6, 6.07) is 1.49. The van der Waals surface area contributed by atoms with Gasteiger partial charge in [0.25, 0.3) is 5.91 Å². The van der Waals surface area contributed by atoms with Crippen molar-refractivity contribution in [1.29, 1.82) is 0 Å². The van der Waals surface area contributed by atoms with Crippen molar-refractivity contribution < 1.29 is 67.0 Å². The van der Waals surface area contributed by atoms with Gasteiger partial charge in [-0.3, -0.25) is 14.4 Å². The van der Waals surface area contributed by atoms with Crippen molar-refractivity contribution in [3.8, 4) is 0 Å². The van der Waals surface area contributed by atoms with E-state index in [0.717, 1.165) is 9.78 Å². The number of β-lactam (4-membered cyclic amide) rings is 1. The summed E-state index contributed by atoms with van der Waals surface area (Å²) in [4.78, 5) is 53.2. The molecule has 8 nitrogen and oxygen atoms in total. The number of likely N-dealkylation sites (tertiary alicyclic amines) is 2. The largest absolute Gasteiger partial charge is 1.00 e. The number of alkyl halides is 3. The van der Waals surface area contributed by atoms with Crippen molar-refractivity contribution in [1.82, 2.24) is 14.7 Å². The van der Waals surface area contributed by atoms with Crippen LogP contribution in [0.5, 0.6) is 0 Å². The fraction of sp³-hybridized carbons (Fsp3) is 0.429. The summed E-state index contributed by atoms with van der Waals surface area (Å²) in [7, 11) is 0. The number of hydrogen-bond donors (Lipinski definition) is 0. The Balaban J connectivity index is 0.00000274. The first-order valence-corrected chi connectivity index (χ1v) is 11.2. The van der Waals surface area contributed by atoms with Gasteiger partial charge in [-0.2, -0.15) is 13.2 Å². The topological polar surface area (TPSA) is 101 Å². The van der Waals surface area contributed by atoms with Crippen LogP contribution in [-0.4, -0.2) is 69.7 Å². The molecule has 34 heavy (non-hydrogen) atoms. The third kappa shape index (κ3) is 3.80. The van der Waals surface area contributed by atoms with Crippen LogP contribution in [0.4, 0.5) is 13.2 Å². The zero-order chi connectivity index (χ0) is 23.7. The monoisotopic (exact) mass is 503 g/mol. The first-order chi connectivity index (χ1) is 15.6. The molecule has 0 aliphatic carbocycles. The van der Waals surface area contributed by atoms with Crippen molar-refractivity contribution in [2.24, 2.45) is 5.92 Å². The molecule has 13 heteroatoms. The maximum Gasteiger partial charge on any atom is 1.00 e. The number of aliphatic carboxylic acids is 1. The van der Waals surface area contributed by atoms with Crippen molar-refractivity contribution in [2.45, 2.75) is 37.6 Å². The Morgan fingerprint density at radius 1 is 1.24 bits per heavy atom. The zero-order valence-corrected chi connectivity index (χ0v) is 20.8. The van der Waals surface area contributed by atoms with Crippen LogP contribution in [0.25, 0.3) is 0 Å². The Hall–Kier alpha value is -2.15. The summed E-state index contributed by atoms with van der Waals surface area (Å²) in [5, 5.41) is 13.8. The predicted molar refractivity (Wildman–Crippen MR) is 105 cm³/mol. The minimum absolute atomic E-state index is 0. The molecule has 3 saturated heterocycles. The Morgan fingerprint density at radius 3 is 2.59 bits per heavy atom. The van der Waals surface area contributed by atoms with Gasteiger partial charge >= 0.3 is 41.6 Å². The molecule has 4 aliphatic rings. The number of rotatable bonds is 4. The number of piperidine rings is 1. The van der Waals surface area contributed by atoms with Gasteiger partial charge in [-0.05, 0) is 35.9 Å². The van der Waals surface area contributed by atoms with E-state index in [4.69, 9.17) is 0 Å². The molecule has 0 bridgehead atoms. The molecule has 4 aliphatic heterocycles. The fourth-order valence-corrected chi connectivity index (χ4v) is 5.95. The third-order valence-corrected chi connectivity index (χ3v) is 7.48. The van der Waals surface area contributed by atoms with Crippen molar-refractivity contribution in [2.75, 3.05) is 13.1 Å². The van der Waals surface area contributed by atoms with E-state index in [1.165, 1.54) is 17.4 Å². The molecule has 0 spiro atoms. The van der Waals surface area contributed by atoms with E-state index in [1.807, 2.05) is 17.5 Å². The standard InChI is InChI=1S/C21H18F3N3O5S.Na/c22-21(23,24)20(32)26-6-4-12-13(15(19(30)31)27-14(12)16(26)18(27)29)8-10-3-5-25(17(10)28)9-11-2-1-7-33-11;/h1-2,7-8,12,14,16H,3-6,9H2,(H,30,31);/q;+1/p-1/b10-8+;/t12?,14-,16+;/m1./s1. The third-order valence-electron chi connectivity index (χ3n) is 6.62. The van der Waals surface area contributed by atoms with Crippen LogP contribution in [0.3, 0.4) is 0 Å². The molecule has 174 valence electrons. The average molecular weight is 503 g/mol. The molecule has 3 fully saturated rings. The van der Waals surface area contributed by atoms with Crippen molar-refractivity contribution >= 4 is 35.0 Å². The second-order valence-electron chi connectivity index (χ2n) is 8.35. The van der Waals surface area contributed by atoms with Gasteiger partial charge in [0.1, 0.15) is 6.04 Å². The zero-order valence-electron chi connectivity index (χ0n) is 18.0. The summed E-state index contributed by atoms with van der Waals surface area (Å²) in [5.74, 6) is -5.49. The van der Waals surface area contributed by atoms with Gasteiger partial charge in [0.15, 0.2) is 0 Å². The second-order valence-corrected chi connectivity index (χ2v) is 9.38. The normalized spacial score (nSPS) is 27.2.